The third kappa shape index (κ3) is 4.90. The minimum atomic E-state index is -0.788. The zero-order valence-corrected chi connectivity index (χ0v) is 14.0. The van der Waals surface area contributed by atoms with Crippen LogP contribution in [0, 0.1) is 0 Å². The summed E-state index contributed by atoms with van der Waals surface area (Å²) in [6.45, 7) is 6.67. The topological polar surface area (TPSA) is 38.3 Å². The molecule has 1 aliphatic heterocycles. The second-order valence-electron chi connectivity index (χ2n) is 5.56. The van der Waals surface area contributed by atoms with E-state index in [2.05, 4.69) is 43.4 Å². The van der Waals surface area contributed by atoms with Crippen LogP contribution < -0.4 is 5.32 Å². The first-order valence-corrected chi connectivity index (χ1v) is 9.40. The fourth-order valence-electron chi connectivity index (χ4n) is 2.74. The zero-order chi connectivity index (χ0) is 15.1. The predicted molar refractivity (Wildman–Crippen MR) is 89.1 cm³/mol. The lowest BCUT2D eigenvalue weighted by Gasteiger charge is -2.25. The lowest BCUT2D eigenvalue weighted by atomic mass is 10.0. The van der Waals surface area contributed by atoms with E-state index >= 15 is 0 Å². The summed E-state index contributed by atoms with van der Waals surface area (Å²) in [6.07, 6.45) is 2.92. The van der Waals surface area contributed by atoms with E-state index in [0.29, 0.717) is 11.0 Å². The minimum Gasteiger partial charge on any atom is -0.381 e. The number of ether oxygens (including phenoxy) is 1. The van der Waals surface area contributed by atoms with Crippen molar-refractivity contribution in [2.24, 2.45) is 0 Å². The van der Waals surface area contributed by atoms with E-state index in [9.17, 15) is 4.21 Å². The van der Waals surface area contributed by atoms with Crippen LogP contribution in [0.5, 0.6) is 0 Å². The minimum absolute atomic E-state index is 0.185. The molecule has 0 aliphatic carbocycles. The summed E-state index contributed by atoms with van der Waals surface area (Å²) >= 11 is 0. The van der Waals surface area contributed by atoms with Crippen molar-refractivity contribution < 1.29 is 8.95 Å². The summed E-state index contributed by atoms with van der Waals surface area (Å²) in [5.74, 6) is 0.698. The summed E-state index contributed by atoms with van der Waals surface area (Å²) in [5, 5.41) is 3.78. The van der Waals surface area contributed by atoms with Crippen molar-refractivity contribution in [2.45, 2.75) is 44.4 Å². The van der Waals surface area contributed by atoms with Crippen LogP contribution in [0.4, 0.5) is 0 Å². The van der Waals surface area contributed by atoms with Gasteiger partial charge in [-0.25, -0.2) is 0 Å². The molecular formula is C17H27NO2S. The molecule has 4 heteroatoms. The summed E-state index contributed by atoms with van der Waals surface area (Å²) in [5.41, 5.74) is 2.59. The molecule has 2 atom stereocenters. The maximum absolute atomic E-state index is 12.6. The molecule has 1 aromatic rings. The number of aryl methyl sites for hydroxylation is 1. The van der Waals surface area contributed by atoms with Gasteiger partial charge in [0, 0.05) is 41.1 Å². The highest BCUT2D eigenvalue weighted by Gasteiger charge is 2.23. The van der Waals surface area contributed by atoms with E-state index in [-0.39, 0.29) is 6.04 Å². The fourth-order valence-corrected chi connectivity index (χ4v) is 4.37. The number of hydrogen-bond acceptors (Lipinski definition) is 3. The molecule has 0 radical (unpaired) electrons. The van der Waals surface area contributed by atoms with Gasteiger partial charge in [-0.2, -0.15) is 0 Å². The van der Waals surface area contributed by atoms with Crippen LogP contribution in [-0.4, -0.2) is 35.0 Å². The van der Waals surface area contributed by atoms with Gasteiger partial charge in [0.2, 0.25) is 0 Å². The zero-order valence-electron chi connectivity index (χ0n) is 13.1. The Morgan fingerprint density at radius 1 is 1.24 bits per heavy atom. The van der Waals surface area contributed by atoms with Crippen LogP contribution >= 0.6 is 0 Å². The van der Waals surface area contributed by atoms with Gasteiger partial charge in [0.25, 0.3) is 0 Å². The van der Waals surface area contributed by atoms with E-state index in [4.69, 9.17) is 4.74 Å². The van der Waals surface area contributed by atoms with E-state index in [1.54, 1.807) is 0 Å². The summed E-state index contributed by atoms with van der Waals surface area (Å²) in [7, 11) is -0.788. The maximum Gasteiger partial charge on any atom is 0.0477 e. The third-order valence-electron chi connectivity index (χ3n) is 4.11. The Morgan fingerprint density at radius 3 is 2.48 bits per heavy atom. The standard InChI is InChI=1S/C17H27NO2S/c1-3-14-5-7-15(8-6-14)17(18-4-2)13-21(19)16-9-11-20-12-10-16/h5-8,16-18H,3-4,9-13H2,1-2H3. The van der Waals surface area contributed by atoms with Crippen LogP contribution in [-0.2, 0) is 22.0 Å². The largest absolute Gasteiger partial charge is 0.381 e. The first-order chi connectivity index (χ1) is 10.2. The van der Waals surface area contributed by atoms with Gasteiger partial charge in [-0.1, -0.05) is 38.1 Å². The molecule has 0 aromatic heterocycles. The van der Waals surface area contributed by atoms with Crippen molar-refractivity contribution >= 4 is 10.8 Å². The number of rotatable bonds is 7. The summed E-state index contributed by atoms with van der Waals surface area (Å²) < 4.78 is 18.0. The molecule has 1 fully saturated rings. The van der Waals surface area contributed by atoms with Gasteiger partial charge in [-0.15, -0.1) is 0 Å². The molecular weight excluding hydrogens is 282 g/mol. The summed E-state index contributed by atoms with van der Waals surface area (Å²) in [6, 6.07) is 8.89. The van der Waals surface area contributed by atoms with Crippen molar-refractivity contribution in [3.63, 3.8) is 0 Å². The lowest BCUT2D eigenvalue weighted by molar-refractivity contribution is 0.0992. The molecule has 3 nitrogen and oxygen atoms in total. The number of nitrogens with one attached hydrogen (secondary N) is 1. The molecule has 1 saturated heterocycles. The molecule has 0 amide bonds. The second-order valence-corrected chi connectivity index (χ2v) is 7.33. The predicted octanol–water partition coefficient (Wildman–Crippen LogP) is 2.83. The average Bonchev–Trinajstić information content (AvgIpc) is 2.55. The van der Waals surface area contributed by atoms with E-state index in [1.807, 2.05) is 0 Å². The van der Waals surface area contributed by atoms with Crippen LogP contribution in [0.3, 0.4) is 0 Å². The first-order valence-electron chi connectivity index (χ1n) is 8.01. The Morgan fingerprint density at radius 2 is 1.90 bits per heavy atom. The van der Waals surface area contributed by atoms with Crippen molar-refractivity contribution in [1.29, 1.82) is 0 Å². The van der Waals surface area contributed by atoms with Crippen molar-refractivity contribution in [3.8, 4) is 0 Å². The van der Waals surface area contributed by atoms with E-state index in [0.717, 1.165) is 39.0 Å². The van der Waals surface area contributed by atoms with E-state index in [1.165, 1.54) is 11.1 Å². The molecule has 118 valence electrons. The van der Waals surface area contributed by atoms with E-state index < -0.39 is 10.8 Å². The van der Waals surface area contributed by atoms with Crippen molar-refractivity contribution in [2.75, 3.05) is 25.5 Å². The van der Waals surface area contributed by atoms with Crippen LogP contribution in [0.2, 0.25) is 0 Å². The highest BCUT2D eigenvalue weighted by Crippen LogP contribution is 2.20. The molecule has 1 N–H and O–H groups in total. The van der Waals surface area contributed by atoms with Crippen LogP contribution in [0.1, 0.15) is 43.9 Å². The highest BCUT2D eigenvalue weighted by molar-refractivity contribution is 7.85. The highest BCUT2D eigenvalue weighted by atomic mass is 32.2. The smallest absolute Gasteiger partial charge is 0.0477 e. The lowest BCUT2D eigenvalue weighted by Crippen LogP contribution is -2.32. The molecule has 0 bridgehead atoms. The second kappa shape index (κ2) is 8.66. The monoisotopic (exact) mass is 309 g/mol. The fraction of sp³-hybridized carbons (Fsp3) is 0.647. The maximum atomic E-state index is 12.6. The van der Waals surface area contributed by atoms with Gasteiger partial charge >= 0.3 is 0 Å². The van der Waals surface area contributed by atoms with Gasteiger partial charge in [0.1, 0.15) is 0 Å². The number of hydrogen-bond donors (Lipinski definition) is 1. The molecule has 1 aromatic carbocycles. The molecule has 1 heterocycles. The SMILES string of the molecule is CCNC(CS(=O)C1CCOCC1)c1ccc(CC)cc1. The third-order valence-corrected chi connectivity index (χ3v) is 5.99. The van der Waals surface area contributed by atoms with Gasteiger partial charge in [-0.05, 0) is 36.9 Å². The molecule has 1 aliphatic rings. The number of benzene rings is 1. The van der Waals surface area contributed by atoms with Crippen molar-refractivity contribution in [1.82, 2.24) is 5.32 Å². The Kier molecular flexibility index (Phi) is 6.87. The first kappa shape index (κ1) is 16.7. The Hall–Kier alpha value is -0.710. The molecule has 21 heavy (non-hydrogen) atoms. The van der Waals surface area contributed by atoms with Gasteiger partial charge < -0.3 is 10.1 Å². The van der Waals surface area contributed by atoms with Crippen LogP contribution in [0.25, 0.3) is 0 Å². The molecule has 2 unspecified atom stereocenters. The van der Waals surface area contributed by atoms with Crippen molar-refractivity contribution in [3.05, 3.63) is 35.4 Å². The van der Waals surface area contributed by atoms with Gasteiger partial charge in [0.15, 0.2) is 0 Å². The molecule has 2 rings (SSSR count). The van der Waals surface area contributed by atoms with Crippen LogP contribution in [0.15, 0.2) is 24.3 Å². The Bertz CT molecular complexity index is 441. The molecule has 0 spiro atoms. The quantitative estimate of drug-likeness (QED) is 0.842. The average molecular weight is 309 g/mol. The van der Waals surface area contributed by atoms with Gasteiger partial charge in [0.05, 0.1) is 0 Å². The summed E-state index contributed by atoms with van der Waals surface area (Å²) in [4.78, 5) is 0. The Labute approximate surface area is 130 Å². The molecule has 0 saturated carbocycles. The normalized spacial score (nSPS) is 19.3. The Balaban J connectivity index is 2.01. The van der Waals surface area contributed by atoms with Gasteiger partial charge in [-0.3, -0.25) is 4.21 Å².